The summed E-state index contributed by atoms with van der Waals surface area (Å²) in [4.78, 5) is 14.7. The number of benzene rings is 1. The summed E-state index contributed by atoms with van der Waals surface area (Å²) in [6, 6.07) is 6.17. The molecule has 2 N–H and O–H groups in total. The first-order chi connectivity index (χ1) is 9.15. The van der Waals surface area contributed by atoms with E-state index in [2.05, 4.69) is 29.4 Å². The number of aliphatic carboxylic acids is 1. The second-order valence-corrected chi connectivity index (χ2v) is 6.00. The molecule has 0 aromatic heterocycles. The summed E-state index contributed by atoms with van der Waals surface area (Å²) in [6.07, 6.45) is 1.78. The van der Waals surface area contributed by atoms with Crippen molar-refractivity contribution < 1.29 is 9.90 Å². The van der Waals surface area contributed by atoms with Gasteiger partial charge in [-0.1, -0.05) is 6.07 Å². The molecule has 0 spiro atoms. The Hall–Kier alpha value is -1.46. The zero-order valence-corrected chi connectivity index (χ0v) is 11.5. The average Bonchev–Trinajstić information content (AvgIpc) is 3.20. The molecule has 19 heavy (non-hydrogen) atoms. The summed E-state index contributed by atoms with van der Waals surface area (Å²) in [5.74, 6) is 0.240. The van der Waals surface area contributed by atoms with E-state index in [0.717, 1.165) is 24.4 Å². The molecule has 3 rings (SSSR count). The summed E-state index contributed by atoms with van der Waals surface area (Å²) in [5.41, 5.74) is 2.65. The lowest BCUT2D eigenvalue weighted by atomic mass is 10.1. The third-order valence-corrected chi connectivity index (χ3v) is 4.46. The van der Waals surface area contributed by atoms with Crippen molar-refractivity contribution in [1.29, 1.82) is 0 Å². The number of carboxylic acid groups (broad SMARTS) is 1. The number of thioether (sulfide) groups is 1. The predicted molar refractivity (Wildman–Crippen MR) is 77.8 cm³/mol. The third-order valence-electron chi connectivity index (χ3n) is 3.43. The van der Waals surface area contributed by atoms with E-state index in [1.165, 1.54) is 10.6 Å². The smallest absolute Gasteiger partial charge is 0.333 e. The lowest BCUT2D eigenvalue weighted by molar-refractivity contribution is -0.132. The molecule has 1 unspecified atom stereocenters. The van der Waals surface area contributed by atoms with Crippen molar-refractivity contribution >= 4 is 29.5 Å². The highest BCUT2D eigenvalue weighted by Gasteiger charge is 2.29. The van der Waals surface area contributed by atoms with Crippen molar-refractivity contribution in [3.05, 3.63) is 29.3 Å². The van der Waals surface area contributed by atoms with Crippen LogP contribution in [0, 0.1) is 0 Å². The molecule has 2 aliphatic rings. The summed E-state index contributed by atoms with van der Waals surface area (Å²) < 4.78 is 0. The topological polar surface area (TPSA) is 62.5 Å². The van der Waals surface area contributed by atoms with Crippen molar-refractivity contribution in [1.82, 2.24) is 5.32 Å². The molecule has 4 nitrogen and oxygen atoms in total. The quantitative estimate of drug-likeness (QED) is 0.649. The van der Waals surface area contributed by atoms with Crippen molar-refractivity contribution in [2.45, 2.75) is 10.9 Å². The summed E-state index contributed by atoms with van der Waals surface area (Å²) >= 11 is 1.83. The zero-order valence-electron chi connectivity index (χ0n) is 10.7. The second kappa shape index (κ2) is 4.90. The number of anilines is 1. The summed E-state index contributed by atoms with van der Waals surface area (Å²) in [6.45, 7) is 1.82. The third kappa shape index (κ3) is 2.62. The van der Waals surface area contributed by atoms with E-state index in [0.29, 0.717) is 5.57 Å². The van der Waals surface area contributed by atoms with Crippen LogP contribution in [-0.4, -0.2) is 43.0 Å². The minimum absolute atomic E-state index is 0.0175. The molecule has 100 valence electrons. The minimum Gasteiger partial charge on any atom is -0.478 e. The Balaban J connectivity index is 1.93. The molecule has 1 saturated heterocycles. The SMILES string of the molecule is CN1CCSc2cc(/C=C(/C(=O)O)C3CN3)ccc21. The van der Waals surface area contributed by atoms with Crippen LogP contribution in [0.3, 0.4) is 0 Å². The van der Waals surface area contributed by atoms with Gasteiger partial charge in [0.15, 0.2) is 0 Å². The molecule has 0 bridgehead atoms. The van der Waals surface area contributed by atoms with E-state index in [-0.39, 0.29) is 6.04 Å². The Bertz CT molecular complexity index is 552. The van der Waals surface area contributed by atoms with Crippen molar-refractivity contribution in [2.24, 2.45) is 0 Å². The van der Waals surface area contributed by atoms with Crippen LogP contribution in [-0.2, 0) is 4.79 Å². The first-order valence-electron chi connectivity index (χ1n) is 6.31. The average molecular weight is 276 g/mol. The number of nitrogens with zero attached hydrogens (tertiary/aromatic N) is 1. The zero-order chi connectivity index (χ0) is 13.4. The van der Waals surface area contributed by atoms with Crippen molar-refractivity contribution in [2.75, 3.05) is 30.8 Å². The van der Waals surface area contributed by atoms with Gasteiger partial charge < -0.3 is 15.3 Å². The van der Waals surface area contributed by atoms with E-state index in [9.17, 15) is 9.90 Å². The number of hydrogen-bond donors (Lipinski definition) is 2. The number of nitrogens with one attached hydrogen (secondary N) is 1. The van der Waals surface area contributed by atoms with E-state index in [4.69, 9.17) is 0 Å². The Kier molecular flexibility index (Phi) is 3.24. The maximum Gasteiger partial charge on any atom is 0.333 e. The van der Waals surface area contributed by atoms with Gasteiger partial charge >= 0.3 is 5.97 Å². The second-order valence-electron chi connectivity index (χ2n) is 4.86. The Morgan fingerprint density at radius 2 is 2.37 bits per heavy atom. The molecule has 2 aliphatic heterocycles. The van der Waals surface area contributed by atoms with Crippen LogP contribution in [0.2, 0.25) is 0 Å². The lowest BCUT2D eigenvalue weighted by Gasteiger charge is -2.27. The largest absolute Gasteiger partial charge is 0.478 e. The van der Waals surface area contributed by atoms with Gasteiger partial charge in [0.25, 0.3) is 0 Å². The van der Waals surface area contributed by atoms with E-state index < -0.39 is 5.97 Å². The number of carboxylic acids is 1. The van der Waals surface area contributed by atoms with Gasteiger partial charge in [-0.25, -0.2) is 4.79 Å². The molecule has 5 heteroatoms. The maximum absolute atomic E-state index is 11.2. The fourth-order valence-electron chi connectivity index (χ4n) is 2.23. The van der Waals surface area contributed by atoms with E-state index in [1.807, 2.05) is 17.8 Å². The van der Waals surface area contributed by atoms with Crippen LogP contribution in [0.15, 0.2) is 28.7 Å². The first-order valence-corrected chi connectivity index (χ1v) is 7.30. The van der Waals surface area contributed by atoms with Crippen LogP contribution in [0.4, 0.5) is 5.69 Å². The first kappa shape index (κ1) is 12.6. The summed E-state index contributed by atoms with van der Waals surface area (Å²) in [5, 5.41) is 12.2. The molecular weight excluding hydrogens is 260 g/mol. The van der Waals surface area contributed by atoms with Gasteiger partial charge in [0.2, 0.25) is 0 Å². The summed E-state index contributed by atoms with van der Waals surface area (Å²) in [7, 11) is 2.09. The number of carbonyl (C=O) groups is 1. The molecule has 1 atom stereocenters. The molecule has 1 fully saturated rings. The fourth-order valence-corrected chi connectivity index (χ4v) is 3.41. The van der Waals surface area contributed by atoms with Gasteiger partial charge in [0.1, 0.15) is 0 Å². The van der Waals surface area contributed by atoms with Crippen LogP contribution in [0.5, 0.6) is 0 Å². The maximum atomic E-state index is 11.2. The Labute approximate surface area is 116 Å². The molecular formula is C14H16N2O2S. The van der Waals surface area contributed by atoms with Crippen LogP contribution in [0.1, 0.15) is 5.56 Å². The Morgan fingerprint density at radius 3 is 3.05 bits per heavy atom. The van der Waals surface area contributed by atoms with Crippen LogP contribution in [0.25, 0.3) is 6.08 Å². The monoisotopic (exact) mass is 276 g/mol. The van der Waals surface area contributed by atoms with Crippen molar-refractivity contribution in [3.63, 3.8) is 0 Å². The number of rotatable bonds is 3. The number of hydrogen-bond acceptors (Lipinski definition) is 4. The predicted octanol–water partition coefficient (Wildman–Crippen LogP) is 1.67. The molecule has 2 heterocycles. The highest BCUT2D eigenvalue weighted by molar-refractivity contribution is 7.99. The van der Waals surface area contributed by atoms with Gasteiger partial charge in [0, 0.05) is 30.8 Å². The highest BCUT2D eigenvalue weighted by atomic mass is 32.2. The lowest BCUT2D eigenvalue weighted by Crippen LogP contribution is -2.24. The molecule has 1 aromatic carbocycles. The van der Waals surface area contributed by atoms with E-state index in [1.54, 1.807) is 6.08 Å². The van der Waals surface area contributed by atoms with Gasteiger partial charge in [-0.15, -0.1) is 11.8 Å². The standard InChI is InChI=1S/C14H16N2O2S/c1-16-4-5-19-13-7-9(2-3-12(13)16)6-10(14(17)18)11-8-15-11/h2-3,6-7,11,15H,4-5,8H2,1H3,(H,17,18)/b10-6+. The molecule has 1 aromatic rings. The Morgan fingerprint density at radius 1 is 1.58 bits per heavy atom. The normalized spacial score (nSPS) is 22.1. The van der Waals surface area contributed by atoms with Gasteiger partial charge in [-0.05, 0) is 23.8 Å². The molecule has 0 aliphatic carbocycles. The molecule has 0 amide bonds. The van der Waals surface area contributed by atoms with Gasteiger partial charge in [-0.2, -0.15) is 0 Å². The minimum atomic E-state index is -0.836. The van der Waals surface area contributed by atoms with Crippen molar-refractivity contribution in [3.8, 4) is 0 Å². The van der Waals surface area contributed by atoms with Gasteiger partial charge in [-0.3, -0.25) is 0 Å². The molecule has 0 saturated carbocycles. The fraction of sp³-hybridized carbons (Fsp3) is 0.357. The number of fused-ring (bicyclic) bond motifs is 1. The van der Waals surface area contributed by atoms with Gasteiger partial charge in [0.05, 0.1) is 17.3 Å². The van der Waals surface area contributed by atoms with Crippen LogP contribution < -0.4 is 10.2 Å². The van der Waals surface area contributed by atoms with Crippen LogP contribution >= 0.6 is 11.8 Å². The molecule has 0 radical (unpaired) electrons. The highest BCUT2D eigenvalue weighted by Crippen LogP contribution is 2.35. The van der Waals surface area contributed by atoms with E-state index >= 15 is 0 Å².